The van der Waals surface area contributed by atoms with E-state index in [0.29, 0.717) is 28.6 Å². The van der Waals surface area contributed by atoms with E-state index >= 15 is 0 Å². The molecule has 1 aliphatic rings. The standard InChI is InChI=1S/C26H28F3N9O3S/c1-31-14-17(13-30)12-23(40)33-25-37-36-24(42-25)18-5-3-9-38(15-18)21-8-7-20(34-35-21)32-22(39)11-16-4-2-6-19(10-16)41-26(27,28)29/h2,4,6-8,10,13-14,18H,3,5,9,11-12,15,30H2,1H3,(H,32,34,39)(H,33,37,40). The molecule has 0 spiro atoms. The Balaban J connectivity index is 1.30. The lowest BCUT2D eigenvalue weighted by Crippen LogP contribution is -2.35. The van der Waals surface area contributed by atoms with Crippen molar-refractivity contribution in [3.63, 3.8) is 0 Å². The number of benzene rings is 1. The molecule has 42 heavy (non-hydrogen) atoms. The molecule has 4 N–H and O–H groups in total. The van der Waals surface area contributed by atoms with Gasteiger partial charge >= 0.3 is 6.36 Å². The van der Waals surface area contributed by atoms with Gasteiger partial charge in [-0.2, -0.15) is 0 Å². The molecule has 0 bridgehead atoms. The van der Waals surface area contributed by atoms with Gasteiger partial charge in [-0.25, -0.2) is 0 Å². The average molecular weight is 604 g/mol. The number of hydrogen-bond donors (Lipinski definition) is 3. The summed E-state index contributed by atoms with van der Waals surface area (Å²) in [5.74, 6) is -0.235. The second-order valence-corrected chi connectivity index (χ2v) is 10.3. The van der Waals surface area contributed by atoms with Crippen LogP contribution in [0.5, 0.6) is 5.75 Å². The van der Waals surface area contributed by atoms with Crippen LogP contribution in [0.4, 0.5) is 29.9 Å². The molecule has 2 aromatic heterocycles. The number of aromatic nitrogens is 4. The van der Waals surface area contributed by atoms with Crippen molar-refractivity contribution in [2.75, 3.05) is 35.7 Å². The highest BCUT2D eigenvalue weighted by Gasteiger charge is 2.31. The Kier molecular flexibility index (Phi) is 10.0. The summed E-state index contributed by atoms with van der Waals surface area (Å²) in [5, 5.41) is 23.2. The van der Waals surface area contributed by atoms with Gasteiger partial charge in [-0.15, -0.1) is 33.6 Å². The number of nitrogens with zero attached hydrogens (tertiary/aromatic N) is 6. The molecule has 0 saturated carbocycles. The van der Waals surface area contributed by atoms with Crippen LogP contribution in [0, 0.1) is 0 Å². The van der Waals surface area contributed by atoms with Crippen molar-refractivity contribution in [3.05, 3.63) is 58.7 Å². The largest absolute Gasteiger partial charge is 0.573 e. The zero-order valence-corrected chi connectivity index (χ0v) is 23.3. The fourth-order valence-electron chi connectivity index (χ4n) is 4.28. The molecule has 0 radical (unpaired) electrons. The van der Waals surface area contributed by atoms with Gasteiger partial charge in [0.25, 0.3) is 0 Å². The molecule has 16 heteroatoms. The van der Waals surface area contributed by atoms with E-state index < -0.39 is 18.0 Å². The molecule has 222 valence electrons. The van der Waals surface area contributed by atoms with Crippen LogP contribution in [0.25, 0.3) is 0 Å². The Morgan fingerprint density at radius 1 is 1.17 bits per heavy atom. The topological polar surface area (TPSA) is 161 Å². The average Bonchev–Trinajstić information content (AvgIpc) is 3.41. The van der Waals surface area contributed by atoms with Crippen molar-refractivity contribution in [3.8, 4) is 5.75 Å². The van der Waals surface area contributed by atoms with E-state index in [9.17, 15) is 22.8 Å². The van der Waals surface area contributed by atoms with E-state index in [1.165, 1.54) is 35.9 Å². The van der Waals surface area contributed by atoms with Crippen molar-refractivity contribution >= 4 is 46.1 Å². The summed E-state index contributed by atoms with van der Waals surface area (Å²) >= 11 is 1.31. The number of ether oxygens (including phenoxy) is 1. The Hall–Kier alpha value is -4.60. The monoisotopic (exact) mass is 603 g/mol. The Morgan fingerprint density at radius 2 is 2.00 bits per heavy atom. The minimum absolute atomic E-state index is 0.0686. The zero-order valence-electron chi connectivity index (χ0n) is 22.5. The number of piperidine rings is 1. The Bertz CT molecular complexity index is 1440. The van der Waals surface area contributed by atoms with Crippen LogP contribution in [0.3, 0.4) is 0 Å². The lowest BCUT2D eigenvalue weighted by Gasteiger charge is -2.32. The predicted molar refractivity (Wildman–Crippen MR) is 152 cm³/mol. The molecule has 0 aliphatic carbocycles. The molecule has 1 atom stereocenters. The van der Waals surface area contributed by atoms with Crippen LogP contribution in [0.1, 0.15) is 35.8 Å². The number of nitrogens with two attached hydrogens (primary N) is 1. The third-order valence-electron chi connectivity index (χ3n) is 6.07. The van der Waals surface area contributed by atoms with Gasteiger partial charge in [-0.1, -0.05) is 23.5 Å². The summed E-state index contributed by atoms with van der Waals surface area (Å²) in [6.07, 6.45) is -0.299. The summed E-state index contributed by atoms with van der Waals surface area (Å²) in [6.45, 7) is 1.37. The minimum atomic E-state index is -4.82. The number of anilines is 3. The van der Waals surface area contributed by atoms with E-state index in [2.05, 4.69) is 45.7 Å². The maximum Gasteiger partial charge on any atom is 0.573 e. The molecule has 12 nitrogen and oxygen atoms in total. The van der Waals surface area contributed by atoms with Crippen molar-refractivity contribution in [2.24, 2.45) is 10.7 Å². The number of alkyl halides is 3. The highest BCUT2D eigenvalue weighted by atomic mass is 32.1. The van der Waals surface area contributed by atoms with Gasteiger partial charge < -0.3 is 26.0 Å². The molecule has 1 saturated heterocycles. The third kappa shape index (κ3) is 8.95. The van der Waals surface area contributed by atoms with Gasteiger partial charge in [0.05, 0.1) is 12.8 Å². The number of hydrogen-bond acceptors (Lipinski definition) is 11. The maximum atomic E-state index is 12.5. The van der Waals surface area contributed by atoms with E-state index in [1.807, 2.05) is 0 Å². The SMILES string of the molecule is CN=CC(=CN)CC(=O)Nc1nnc(C2CCCN(c3ccc(NC(=O)Cc4cccc(OC(F)(F)F)c4)nn3)C2)s1. The summed E-state index contributed by atoms with van der Waals surface area (Å²) in [6, 6.07) is 8.56. The van der Waals surface area contributed by atoms with Crippen LogP contribution >= 0.6 is 11.3 Å². The Labute approximate surface area is 242 Å². The first-order valence-electron chi connectivity index (χ1n) is 12.8. The summed E-state index contributed by atoms with van der Waals surface area (Å²) < 4.78 is 41.3. The van der Waals surface area contributed by atoms with Gasteiger partial charge in [0.15, 0.2) is 11.6 Å². The lowest BCUT2D eigenvalue weighted by molar-refractivity contribution is -0.274. The third-order valence-corrected chi connectivity index (χ3v) is 7.07. The first kappa shape index (κ1) is 30.4. The van der Waals surface area contributed by atoms with Crippen molar-refractivity contribution in [1.29, 1.82) is 0 Å². The number of aliphatic imine (C=N–C) groups is 1. The summed E-state index contributed by atoms with van der Waals surface area (Å²) in [4.78, 5) is 30.6. The molecule has 4 rings (SSSR count). The highest BCUT2D eigenvalue weighted by Crippen LogP contribution is 2.32. The molecule has 3 heterocycles. The first-order valence-corrected chi connectivity index (χ1v) is 13.6. The van der Waals surface area contributed by atoms with Crippen molar-refractivity contribution in [2.45, 2.75) is 38.0 Å². The predicted octanol–water partition coefficient (Wildman–Crippen LogP) is 3.66. The van der Waals surface area contributed by atoms with E-state index in [0.717, 1.165) is 36.5 Å². The van der Waals surface area contributed by atoms with E-state index in [4.69, 9.17) is 5.73 Å². The van der Waals surface area contributed by atoms with Crippen LogP contribution in [0.2, 0.25) is 0 Å². The summed E-state index contributed by atoms with van der Waals surface area (Å²) in [7, 11) is 1.59. The number of carbonyl (C=O) groups is 2. The molecule has 2 amide bonds. The van der Waals surface area contributed by atoms with Gasteiger partial charge in [0.2, 0.25) is 16.9 Å². The maximum absolute atomic E-state index is 12.5. The highest BCUT2D eigenvalue weighted by molar-refractivity contribution is 7.15. The molecule has 1 fully saturated rings. The summed E-state index contributed by atoms with van der Waals surface area (Å²) in [5.41, 5.74) is 6.45. The first-order chi connectivity index (χ1) is 20.1. The number of halogens is 3. The van der Waals surface area contributed by atoms with Crippen molar-refractivity contribution in [1.82, 2.24) is 20.4 Å². The quantitative estimate of drug-likeness (QED) is 0.294. The minimum Gasteiger partial charge on any atom is -0.406 e. The fourth-order valence-corrected chi connectivity index (χ4v) is 5.17. The number of nitrogens with one attached hydrogen (secondary N) is 2. The van der Waals surface area contributed by atoms with Gasteiger partial charge in [0, 0.05) is 32.3 Å². The van der Waals surface area contributed by atoms with Crippen LogP contribution < -0.4 is 26.0 Å². The fraction of sp³-hybridized carbons (Fsp3) is 0.346. The number of amides is 2. The molecular weight excluding hydrogens is 575 g/mol. The normalized spacial score (nSPS) is 16.0. The van der Waals surface area contributed by atoms with Crippen LogP contribution in [0.15, 0.2) is 53.2 Å². The lowest BCUT2D eigenvalue weighted by atomic mass is 9.99. The van der Waals surface area contributed by atoms with Crippen molar-refractivity contribution < 1.29 is 27.5 Å². The van der Waals surface area contributed by atoms with Gasteiger partial charge in [0.1, 0.15) is 10.8 Å². The molecule has 3 aromatic rings. The second-order valence-electron chi connectivity index (χ2n) is 9.28. The second kappa shape index (κ2) is 13.8. The molecule has 1 aliphatic heterocycles. The van der Waals surface area contributed by atoms with Gasteiger partial charge in [-0.05, 0) is 54.4 Å². The smallest absolute Gasteiger partial charge is 0.406 e. The number of carbonyl (C=O) groups excluding carboxylic acids is 2. The molecule has 1 aromatic carbocycles. The van der Waals surface area contributed by atoms with Gasteiger partial charge in [-0.3, -0.25) is 14.6 Å². The van der Waals surface area contributed by atoms with E-state index in [-0.39, 0.29) is 30.5 Å². The molecular formula is C26H28F3N9O3S. The van der Waals surface area contributed by atoms with Crippen LogP contribution in [-0.4, -0.2) is 64.9 Å². The zero-order chi connectivity index (χ0) is 30.1. The Morgan fingerprint density at radius 3 is 2.71 bits per heavy atom. The van der Waals surface area contributed by atoms with Crippen LogP contribution in [-0.2, 0) is 16.0 Å². The van der Waals surface area contributed by atoms with E-state index in [1.54, 1.807) is 19.2 Å². The molecule has 1 unspecified atom stereocenters. The number of rotatable bonds is 10.